The van der Waals surface area contributed by atoms with Crippen molar-refractivity contribution in [1.82, 2.24) is 0 Å². The number of nitro benzene ring substituents is 1. The fourth-order valence-corrected chi connectivity index (χ4v) is 2.23. The van der Waals surface area contributed by atoms with Gasteiger partial charge in [0.2, 0.25) is 0 Å². The van der Waals surface area contributed by atoms with Gasteiger partial charge in [0.25, 0.3) is 5.69 Å². The molecule has 0 aliphatic carbocycles. The third-order valence-corrected chi connectivity index (χ3v) is 3.41. The predicted octanol–water partition coefficient (Wildman–Crippen LogP) is 4.31. The molecule has 23 heavy (non-hydrogen) atoms. The molecule has 118 valence electrons. The van der Waals surface area contributed by atoms with Crippen LogP contribution in [0.2, 0.25) is 0 Å². The van der Waals surface area contributed by atoms with E-state index in [1.54, 1.807) is 6.92 Å². The van der Waals surface area contributed by atoms with Crippen LogP contribution < -0.4 is 5.32 Å². The van der Waals surface area contributed by atoms with Crippen molar-refractivity contribution in [1.29, 1.82) is 5.26 Å². The van der Waals surface area contributed by atoms with Crippen LogP contribution in [0.3, 0.4) is 0 Å². The minimum Gasteiger partial charge on any atom is -0.377 e. The number of nitrogens with zero attached hydrogens (tertiary/aromatic N) is 2. The molecule has 0 radical (unpaired) electrons. The highest BCUT2D eigenvalue weighted by Crippen LogP contribution is 2.29. The van der Waals surface area contributed by atoms with Crippen LogP contribution in [0.15, 0.2) is 36.4 Å². The highest BCUT2D eigenvalue weighted by atomic mass is 19.1. The van der Waals surface area contributed by atoms with Gasteiger partial charge >= 0.3 is 0 Å². The van der Waals surface area contributed by atoms with Crippen LogP contribution in [0.25, 0.3) is 0 Å². The molecular weight excluding hydrogens is 304 g/mol. The topological polar surface area (TPSA) is 79.0 Å². The Kier molecular flexibility index (Phi) is 4.86. The van der Waals surface area contributed by atoms with Crippen molar-refractivity contribution in [2.75, 3.05) is 5.32 Å². The molecule has 5 nitrogen and oxygen atoms in total. The van der Waals surface area contributed by atoms with Gasteiger partial charge in [-0.2, -0.15) is 5.26 Å². The maximum atomic E-state index is 13.9. The van der Waals surface area contributed by atoms with E-state index in [0.29, 0.717) is 12.1 Å². The first-order chi connectivity index (χ1) is 11.0. The number of rotatable bonds is 5. The normalized spacial score (nSPS) is 11.6. The average molecular weight is 317 g/mol. The van der Waals surface area contributed by atoms with E-state index in [9.17, 15) is 18.9 Å². The molecule has 0 aliphatic heterocycles. The molecule has 0 amide bonds. The SMILES string of the molecule is CCC(Nc1ccc([N+](=O)[O-])cc1C#N)c1cc(F)ccc1F. The molecule has 2 aromatic carbocycles. The third-order valence-electron chi connectivity index (χ3n) is 3.41. The lowest BCUT2D eigenvalue weighted by atomic mass is 10.0. The molecule has 2 rings (SSSR count). The van der Waals surface area contributed by atoms with E-state index in [4.69, 9.17) is 5.26 Å². The van der Waals surface area contributed by atoms with E-state index in [1.807, 2.05) is 6.07 Å². The van der Waals surface area contributed by atoms with Crippen molar-refractivity contribution >= 4 is 11.4 Å². The minimum absolute atomic E-state index is 0.0643. The summed E-state index contributed by atoms with van der Waals surface area (Å²) in [5.74, 6) is -1.13. The average Bonchev–Trinajstić information content (AvgIpc) is 2.54. The first kappa shape index (κ1) is 16.4. The van der Waals surface area contributed by atoms with Gasteiger partial charge in [0.1, 0.15) is 17.7 Å². The van der Waals surface area contributed by atoms with Crippen LogP contribution in [0.4, 0.5) is 20.2 Å². The highest BCUT2D eigenvalue weighted by molar-refractivity contribution is 5.62. The number of halogens is 2. The Morgan fingerprint density at radius 1 is 1.30 bits per heavy atom. The van der Waals surface area contributed by atoms with Gasteiger partial charge in [0.15, 0.2) is 0 Å². The lowest BCUT2D eigenvalue weighted by Gasteiger charge is -2.20. The fourth-order valence-electron chi connectivity index (χ4n) is 2.23. The highest BCUT2D eigenvalue weighted by Gasteiger charge is 2.18. The van der Waals surface area contributed by atoms with Gasteiger partial charge in [0, 0.05) is 17.7 Å². The second kappa shape index (κ2) is 6.83. The summed E-state index contributed by atoms with van der Waals surface area (Å²) in [6.45, 7) is 1.78. The summed E-state index contributed by atoms with van der Waals surface area (Å²) in [4.78, 5) is 10.1. The lowest BCUT2D eigenvalue weighted by Crippen LogP contribution is -2.13. The van der Waals surface area contributed by atoms with E-state index in [2.05, 4.69) is 5.32 Å². The first-order valence-electron chi connectivity index (χ1n) is 6.86. The molecule has 1 atom stereocenters. The zero-order valence-electron chi connectivity index (χ0n) is 12.2. The van der Waals surface area contributed by atoms with E-state index >= 15 is 0 Å². The van der Waals surface area contributed by atoms with Crippen molar-refractivity contribution in [2.24, 2.45) is 0 Å². The molecule has 0 saturated heterocycles. The summed E-state index contributed by atoms with van der Waals surface area (Å²) in [5, 5.41) is 22.8. The Morgan fingerprint density at radius 3 is 2.65 bits per heavy atom. The van der Waals surface area contributed by atoms with Gasteiger partial charge in [-0.05, 0) is 30.7 Å². The molecule has 0 bridgehead atoms. The van der Waals surface area contributed by atoms with Crippen LogP contribution in [-0.2, 0) is 0 Å². The fraction of sp³-hybridized carbons (Fsp3) is 0.188. The Hall–Kier alpha value is -3.01. The summed E-state index contributed by atoms with van der Waals surface area (Å²) in [6, 6.07) is 8.22. The van der Waals surface area contributed by atoms with Gasteiger partial charge in [0.05, 0.1) is 22.2 Å². The molecule has 7 heteroatoms. The number of non-ortho nitro benzene ring substituents is 1. The number of nitrogens with one attached hydrogen (secondary N) is 1. The van der Waals surface area contributed by atoms with Crippen molar-refractivity contribution in [3.05, 3.63) is 69.3 Å². The van der Waals surface area contributed by atoms with Gasteiger partial charge in [-0.15, -0.1) is 0 Å². The van der Waals surface area contributed by atoms with E-state index in [-0.39, 0.29) is 16.8 Å². The smallest absolute Gasteiger partial charge is 0.270 e. The van der Waals surface area contributed by atoms with Crippen LogP contribution in [0.1, 0.15) is 30.5 Å². The van der Waals surface area contributed by atoms with Crippen molar-refractivity contribution in [3.8, 4) is 6.07 Å². The molecule has 1 unspecified atom stereocenters. The third kappa shape index (κ3) is 3.61. The molecule has 0 aromatic heterocycles. The zero-order chi connectivity index (χ0) is 17.0. The van der Waals surface area contributed by atoms with E-state index in [1.165, 1.54) is 12.1 Å². The number of benzene rings is 2. The molecular formula is C16H13F2N3O2. The van der Waals surface area contributed by atoms with Crippen LogP contribution in [0.5, 0.6) is 0 Å². The second-order valence-corrected chi connectivity index (χ2v) is 4.87. The summed E-state index contributed by atoms with van der Waals surface area (Å²) in [7, 11) is 0. The van der Waals surface area contributed by atoms with Gasteiger partial charge in [-0.1, -0.05) is 6.92 Å². The summed E-state index contributed by atoms with van der Waals surface area (Å²) in [5.41, 5.74) is 0.315. The van der Waals surface area contributed by atoms with Crippen molar-refractivity contribution in [2.45, 2.75) is 19.4 Å². The van der Waals surface area contributed by atoms with Gasteiger partial charge in [-0.3, -0.25) is 10.1 Å². The number of hydrogen-bond donors (Lipinski definition) is 1. The van der Waals surface area contributed by atoms with Crippen LogP contribution in [-0.4, -0.2) is 4.92 Å². The second-order valence-electron chi connectivity index (χ2n) is 4.87. The quantitative estimate of drug-likeness (QED) is 0.658. The molecule has 0 aliphatic rings. The number of nitriles is 1. The maximum absolute atomic E-state index is 13.9. The number of anilines is 1. The number of hydrogen-bond acceptors (Lipinski definition) is 4. The van der Waals surface area contributed by atoms with E-state index in [0.717, 1.165) is 24.3 Å². The first-order valence-corrected chi connectivity index (χ1v) is 6.86. The number of nitro groups is 1. The van der Waals surface area contributed by atoms with E-state index < -0.39 is 22.6 Å². The maximum Gasteiger partial charge on any atom is 0.270 e. The molecule has 0 saturated carbocycles. The van der Waals surface area contributed by atoms with Crippen molar-refractivity contribution < 1.29 is 13.7 Å². The van der Waals surface area contributed by atoms with Crippen LogP contribution in [0, 0.1) is 33.1 Å². The van der Waals surface area contributed by atoms with Gasteiger partial charge in [-0.25, -0.2) is 8.78 Å². The predicted molar refractivity (Wildman–Crippen MR) is 80.8 cm³/mol. The Balaban J connectivity index is 2.38. The monoisotopic (exact) mass is 317 g/mol. The minimum atomic E-state index is -0.603. The molecule has 2 aromatic rings. The molecule has 0 fully saturated rings. The van der Waals surface area contributed by atoms with Crippen LogP contribution >= 0.6 is 0 Å². The summed E-state index contributed by atoms with van der Waals surface area (Å²) < 4.78 is 27.2. The Bertz CT molecular complexity index is 787. The van der Waals surface area contributed by atoms with Gasteiger partial charge < -0.3 is 5.32 Å². The molecule has 0 heterocycles. The summed E-state index contributed by atoms with van der Waals surface area (Å²) in [6.07, 6.45) is 0.433. The molecule has 1 N–H and O–H groups in total. The largest absolute Gasteiger partial charge is 0.377 e. The van der Waals surface area contributed by atoms with Crippen molar-refractivity contribution in [3.63, 3.8) is 0 Å². The standard InChI is InChI=1S/C16H13F2N3O2/c1-2-15(13-8-11(17)3-5-14(13)18)20-16-6-4-12(21(22)23)7-10(16)9-19/h3-8,15,20H,2H2,1H3. The summed E-state index contributed by atoms with van der Waals surface area (Å²) >= 11 is 0. The lowest BCUT2D eigenvalue weighted by molar-refractivity contribution is -0.384. The Labute approximate surface area is 131 Å². The Morgan fingerprint density at radius 2 is 2.04 bits per heavy atom. The molecule has 0 spiro atoms. The zero-order valence-corrected chi connectivity index (χ0v) is 12.2.